The van der Waals surface area contributed by atoms with Gasteiger partial charge in [-0.05, 0) is 62.8 Å². The van der Waals surface area contributed by atoms with Crippen LogP contribution in [0.25, 0.3) is 0 Å². The summed E-state index contributed by atoms with van der Waals surface area (Å²) in [7, 11) is 1.55. The van der Waals surface area contributed by atoms with Crippen LogP contribution in [-0.4, -0.2) is 66.0 Å². The Morgan fingerprint density at radius 2 is 1.71 bits per heavy atom. The Morgan fingerprint density at radius 1 is 1.02 bits per heavy atom. The first-order chi connectivity index (χ1) is 23.5. The fraction of sp³-hybridized carbons (Fsp3) is 0.526. The maximum Gasteiger partial charge on any atom is 0.328 e. The molecule has 49 heavy (non-hydrogen) atoms. The summed E-state index contributed by atoms with van der Waals surface area (Å²) < 4.78 is 11.5. The van der Waals surface area contributed by atoms with Crippen LogP contribution in [0, 0.1) is 11.8 Å². The van der Waals surface area contributed by atoms with E-state index in [0.717, 1.165) is 48.1 Å². The molecule has 0 spiro atoms. The number of aliphatic hydroxyl groups excluding tert-OH is 1. The van der Waals surface area contributed by atoms with Crippen molar-refractivity contribution >= 4 is 46.8 Å². The first kappa shape index (κ1) is 38.1. The van der Waals surface area contributed by atoms with Crippen LogP contribution in [-0.2, 0) is 35.1 Å². The second-order valence-electron chi connectivity index (χ2n) is 13.1. The quantitative estimate of drug-likeness (QED) is 0.217. The fourth-order valence-electron chi connectivity index (χ4n) is 6.30. The van der Waals surface area contributed by atoms with E-state index in [1.165, 1.54) is 11.8 Å². The molecule has 1 aromatic carbocycles. The zero-order valence-corrected chi connectivity index (χ0v) is 29.9. The van der Waals surface area contributed by atoms with Gasteiger partial charge in [0.25, 0.3) is 0 Å². The molecule has 1 saturated carbocycles. The van der Waals surface area contributed by atoms with Crippen LogP contribution in [0.15, 0.2) is 65.1 Å². The minimum Gasteiger partial charge on any atom is -0.460 e. The Morgan fingerprint density at radius 3 is 2.43 bits per heavy atom. The van der Waals surface area contributed by atoms with Crippen LogP contribution in [0.5, 0.6) is 0 Å². The number of thioether (sulfide) groups is 1. The molecule has 10 nitrogen and oxygen atoms in total. The molecular weight excluding hydrogens is 642 g/mol. The Kier molecular flexibility index (Phi) is 14.7. The van der Waals surface area contributed by atoms with E-state index in [0.29, 0.717) is 30.6 Å². The van der Waals surface area contributed by atoms with Crippen molar-refractivity contribution in [3.63, 3.8) is 0 Å². The van der Waals surface area contributed by atoms with E-state index >= 15 is 0 Å². The molecule has 266 valence electrons. The summed E-state index contributed by atoms with van der Waals surface area (Å²) in [6, 6.07) is 3.05. The van der Waals surface area contributed by atoms with Crippen molar-refractivity contribution in [1.29, 1.82) is 0 Å². The van der Waals surface area contributed by atoms with E-state index in [9.17, 15) is 24.3 Å². The number of carbonyl (C=O) groups is 4. The second kappa shape index (κ2) is 18.9. The van der Waals surface area contributed by atoms with Gasteiger partial charge in [0.15, 0.2) is 0 Å². The number of fused-ring (bicyclic) bond motifs is 4. The smallest absolute Gasteiger partial charge is 0.328 e. The van der Waals surface area contributed by atoms with Crippen molar-refractivity contribution in [3.05, 3.63) is 65.8 Å². The first-order valence-electron chi connectivity index (χ1n) is 17.3. The standard InChI is InChI=1S/C38H51N3O7S/c1-24-14-13-15-27-20-30(36-31(21-27)41-34(43)23-49-36)40-33(42)22-29(47-4)18-11-6-5-7-12-19-32(25(2)35(24)44)48-38(46)26(3)39-37(45)28-16-9-8-10-17-28/h5-7,11-12,14,18,20-21,25-26,28-29,32,35,44H,8-10,13,15-17,19,22-23H2,1-4H3,(H,39,45)(H,40,42)(H,41,43)/b6-5+,12-7+,18-11+,24-14-/t25-,26+,29-,32-,35-/m0/s1. The number of esters is 1. The lowest BCUT2D eigenvalue weighted by molar-refractivity contribution is -0.156. The Labute approximate surface area is 294 Å². The van der Waals surface area contributed by atoms with E-state index < -0.39 is 36.2 Å². The van der Waals surface area contributed by atoms with E-state index in [2.05, 4.69) is 16.0 Å². The van der Waals surface area contributed by atoms with Gasteiger partial charge < -0.3 is 30.5 Å². The van der Waals surface area contributed by atoms with E-state index in [-0.39, 0.29) is 35.8 Å². The largest absolute Gasteiger partial charge is 0.460 e. The van der Waals surface area contributed by atoms with Crippen molar-refractivity contribution in [2.75, 3.05) is 23.5 Å². The van der Waals surface area contributed by atoms with Crippen molar-refractivity contribution in [3.8, 4) is 0 Å². The number of ether oxygens (including phenoxy) is 2. The number of anilines is 2. The van der Waals surface area contributed by atoms with Gasteiger partial charge in [-0.25, -0.2) is 4.79 Å². The molecule has 3 amide bonds. The predicted molar refractivity (Wildman–Crippen MR) is 193 cm³/mol. The van der Waals surface area contributed by atoms with Gasteiger partial charge in [0.1, 0.15) is 12.1 Å². The highest BCUT2D eigenvalue weighted by atomic mass is 32.2. The number of rotatable bonds is 5. The number of benzene rings is 1. The number of aliphatic hydroxyl groups is 1. The van der Waals surface area contributed by atoms with Gasteiger partial charge in [-0.15, -0.1) is 11.8 Å². The van der Waals surface area contributed by atoms with Gasteiger partial charge in [-0.2, -0.15) is 0 Å². The molecule has 5 atom stereocenters. The van der Waals surface area contributed by atoms with E-state index in [1.807, 2.05) is 56.4 Å². The molecule has 1 fully saturated rings. The lowest BCUT2D eigenvalue weighted by Crippen LogP contribution is -2.45. The van der Waals surface area contributed by atoms with Gasteiger partial charge in [-0.1, -0.05) is 68.7 Å². The normalized spacial score (nSPS) is 28.1. The molecule has 0 saturated heterocycles. The summed E-state index contributed by atoms with van der Waals surface area (Å²) in [6.45, 7) is 5.35. The Balaban J connectivity index is 1.54. The number of carbonyl (C=O) groups excluding carboxylic acids is 4. The third-order valence-corrected chi connectivity index (χ3v) is 10.4. The molecule has 2 bridgehead atoms. The third kappa shape index (κ3) is 11.4. The maximum atomic E-state index is 13.2. The summed E-state index contributed by atoms with van der Waals surface area (Å²) in [5.41, 5.74) is 2.97. The monoisotopic (exact) mass is 693 g/mol. The number of hydrogen-bond donors (Lipinski definition) is 4. The first-order valence-corrected chi connectivity index (χ1v) is 18.3. The maximum absolute atomic E-state index is 13.2. The highest BCUT2D eigenvalue weighted by Gasteiger charge is 2.31. The zero-order chi connectivity index (χ0) is 35.3. The SMILES string of the molecule is CO[C@H]1/C=C/C=C/C=C/C[C@H](OC(=O)[C@@H](C)NC(=O)C2CCCCC2)[C@H](C)[C@@H](O)/C(C)=C\CCc2cc3c(c(c2)NC(=O)C1)SCC(=O)N3. The van der Waals surface area contributed by atoms with Crippen molar-refractivity contribution in [2.24, 2.45) is 11.8 Å². The van der Waals surface area contributed by atoms with Crippen LogP contribution in [0.4, 0.5) is 11.4 Å². The molecule has 3 aliphatic rings. The summed E-state index contributed by atoms with van der Waals surface area (Å²) >= 11 is 1.39. The summed E-state index contributed by atoms with van der Waals surface area (Å²) in [5.74, 6) is -1.19. The van der Waals surface area contributed by atoms with E-state index in [4.69, 9.17) is 9.47 Å². The van der Waals surface area contributed by atoms with Crippen LogP contribution in [0.1, 0.15) is 77.7 Å². The minimum atomic E-state index is -0.883. The molecule has 1 aliphatic carbocycles. The number of nitrogens with one attached hydrogen (secondary N) is 3. The second-order valence-corrected chi connectivity index (χ2v) is 14.1. The molecule has 0 aromatic heterocycles. The van der Waals surface area contributed by atoms with Crippen molar-refractivity contribution in [1.82, 2.24) is 5.32 Å². The number of allylic oxidation sites excluding steroid dienone is 5. The predicted octanol–water partition coefficient (Wildman–Crippen LogP) is 6.02. The molecule has 11 heteroatoms. The van der Waals surface area contributed by atoms with Gasteiger partial charge in [0.05, 0.1) is 40.7 Å². The molecule has 0 unspecified atom stereocenters. The van der Waals surface area contributed by atoms with Crippen LogP contribution >= 0.6 is 11.8 Å². The Hall–Kier alpha value is -3.67. The van der Waals surface area contributed by atoms with Gasteiger partial charge >= 0.3 is 5.97 Å². The van der Waals surface area contributed by atoms with Crippen LogP contribution < -0.4 is 16.0 Å². The van der Waals surface area contributed by atoms with Gasteiger partial charge in [0.2, 0.25) is 17.7 Å². The molecule has 2 heterocycles. The lowest BCUT2D eigenvalue weighted by atomic mass is 9.88. The number of amides is 3. The molecule has 2 aliphatic heterocycles. The molecular formula is C38H51N3O7S. The van der Waals surface area contributed by atoms with Crippen molar-refractivity contribution < 1.29 is 33.8 Å². The van der Waals surface area contributed by atoms with Crippen molar-refractivity contribution in [2.45, 2.75) is 108 Å². The summed E-state index contributed by atoms with van der Waals surface area (Å²) in [5, 5.41) is 20.2. The number of aryl methyl sites for hydroxylation is 1. The fourth-order valence-corrected chi connectivity index (χ4v) is 7.18. The topological polar surface area (TPSA) is 143 Å². The average molecular weight is 694 g/mol. The number of hydrogen-bond acceptors (Lipinski definition) is 8. The molecule has 1 aromatic rings. The van der Waals surface area contributed by atoms with Crippen LogP contribution in [0.2, 0.25) is 0 Å². The van der Waals surface area contributed by atoms with E-state index in [1.54, 1.807) is 26.2 Å². The molecule has 0 radical (unpaired) electrons. The lowest BCUT2D eigenvalue weighted by Gasteiger charge is -2.29. The highest BCUT2D eigenvalue weighted by Crippen LogP contribution is 2.39. The zero-order valence-electron chi connectivity index (χ0n) is 29.0. The summed E-state index contributed by atoms with van der Waals surface area (Å²) in [6.07, 6.45) is 17.5. The van der Waals surface area contributed by atoms with Gasteiger partial charge in [0, 0.05) is 25.4 Å². The molecule has 4 N–H and O–H groups in total. The highest BCUT2D eigenvalue weighted by molar-refractivity contribution is 8.00. The Bertz CT molecular complexity index is 1460. The summed E-state index contributed by atoms with van der Waals surface area (Å²) in [4.78, 5) is 52.1. The third-order valence-electron chi connectivity index (χ3n) is 9.30. The van der Waals surface area contributed by atoms with Crippen LogP contribution in [0.3, 0.4) is 0 Å². The molecule has 4 rings (SSSR count). The number of methoxy groups -OCH3 is 1. The van der Waals surface area contributed by atoms with Gasteiger partial charge in [-0.3, -0.25) is 14.4 Å². The average Bonchev–Trinajstić information content (AvgIpc) is 3.09. The minimum absolute atomic E-state index is 0.0723.